The number of nitrogens with zero attached hydrogens (tertiary/aromatic N) is 2. The van der Waals surface area contributed by atoms with Crippen molar-refractivity contribution < 1.29 is 8.42 Å². The Kier molecular flexibility index (Phi) is 5.29. The first-order chi connectivity index (χ1) is 8.40. The number of nitrogens with one attached hydrogen (secondary N) is 2. The summed E-state index contributed by atoms with van der Waals surface area (Å²) < 4.78 is 21.6. The number of rotatable bonds is 7. The summed E-state index contributed by atoms with van der Waals surface area (Å²) in [7, 11) is -3.45. The van der Waals surface area contributed by atoms with Crippen LogP contribution in [0.1, 0.15) is 19.0 Å². The van der Waals surface area contributed by atoms with E-state index in [4.69, 9.17) is 5.14 Å². The predicted molar refractivity (Wildman–Crippen MR) is 72.0 cm³/mol. The quantitative estimate of drug-likeness (QED) is 0.659. The molecule has 1 heterocycles. The van der Waals surface area contributed by atoms with Crippen molar-refractivity contribution in [3.63, 3.8) is 0 Å². The average molecular weight is 273 g/mol. The summed E-state index contributed by atoms with van der Waals surface area (Å²) >= 11 is 0. The maximum Gasteiger partial charge on any atom is 0.224 e. The Morgan fingerprint density at radius 2 is 2.00 bits per heavy atom. The zero-order valence-corrected chi connectivity index (χ0v) is 11.4. The molecule has 0 radical (unpaired) electrons. The third-order valence-corrected chi connectivity index (χ3v) is 2.85. The molecule has 0 amide bonds. The van der Waals surface area contributed by atoms with E-state index in [0.717, 1.165) is 18.7 Å². The number of nitrogens with two attached hydrogens (primary N) is 1. The Bertz CT molecular complexity index is 489. The Labute approximate surface area is 107 Å². The van der Waals surface area contributed by atoms with Gasteiger partial charge < -0.3 is 10.6 Å². The summed E-state index contributed by atoms with van der Waals surface area (Å²) in [5.41, 5.74) is 0.807. The number of aromatic nitrogens is 2. The van der Waals surface area contributed by atoms with E-state index in [9.17, 15) is 8.42 Å². The molecule has 0 saturated heterocycles. The summed E-state index contributed by atoms with van der Waals surface area (Å²) in [6.07, 6.45) is 0.978. The normalized spacial score (nSPS) is 11.3. The molecule has 1 rings (SSSR count). The number of sulfonamides is 1. The van der Waals surface area contributed by atoms with Crippen LogP contribution in [0.3, 0.4) is 0 Å². The molecular weight excluding hydrogens is 254 g/mol. The molecule has 102 valence electrons. The number of hydrogen-bond donors (Lipinski definition) is 3. The van der Waals surface area contributed by atoms with Gasteiger partial charge in [0.25, 0.3) is 0 Å². The SMILES string of the molecule is CCCNc1nc(C)cc(NCCS(N)(=O)=O)n1. The fourth-order valence-electron chi connectivity index (χ4n) is 1.30. The van der Waals surface area contributed by atoms with Crippen LogP contribution in [0.5, 0.6) is 0 Å². The van der Waals surface area contributed by atoms with Gasteiger partial charge in [-0.15, -0.1) is 0 Å². The molecule has 18 heavy (non-hydrogen) atoms. The van der Waals surface area contributed by atoms with Crippen molar-refractivity contribution in [2.24, 2.45) is 5.14 Å². The van der Waals surface area contributed by atoms with Crippen molar-refractivity contribution in [2.45, 2.75) is 20.3 Å². The van der Waals surface area contributed by atoms with E-state index in [2.05, 4.69) is 20.6 Å². The molecule has 1 aromatic heterocycles. The smallest absolute Gasteiger partial charge is 0.224 e. The second kappa shape index (κ2) is 6.50. The van der Waals surface area contributed by atoms with E-state index < -0.39 is 10.0 Å². The van der Waals surface area contributed by atoms with E-state index in [1.165, 1.54) is 0 Å². The molecule has 0 aromatic carbocycles. The Hall–Kier alpha value is -1.41. The predicted octanol–water partition coefficient (Wildman–Crippen LogP) is 0.307. The minimum Gasteiger partial charge on any atom is -0.369 e. The highest BCUT2D eigenvalue weighted by Gasteiger charge is 2.04. The van der Waals surface area contributed by atoms with E-state index in [0.29, 0.717) is 11.8 Å². The summed E-state index contributed by atoms with van der Waals surface area (Å²) in [6.45, 7) is 4.92. The molecule has 0 spiro atoms. The van der Waals surface area contributed by atoms with E-state index in [1.807, 2.05) is 13.8 Å². The largest absolute Gasteiger partial charge is 0.369 e. The van der Waals surface area contributed by atoms with Gasteiger partial charge in [0.15, 0.2) is 0 Å². The van der Waals surface area contributed by atoms with Crippen molar-refractivity contribution in [3.05, 3.63) is 11.8 Å². The molecule has 0 saturated carbocycles. The highest BCUT2D eigenvalue weighted by atomic mass is 32.2. The van der Waals surface area contributed by atoms with Gasteiger partial charge in [0, 0.05) is 24.8 Å². The molecule has 0 aliphatic rings. The molecular formula is C10H19N5O2S. The lowest BCUT2D eigenvalue weighted by Crippen LogP contribution is -2.22. The summed E-state index contributed by atoms with van der Waals surface area (Å²) in [6, 6.07) is 1.75. The monoisotopic (exact) mass is 273 g/mol. The summed E-state index contributed by atoms with van der Waals surface area (Å²) in [5, 5.41) is 10.9. The Morgan fingerprint density at radius 1 is 1.28 bits per heavy atom. The minimum atomic E-state index is -3.45. The standard InChI is InChI=1S/C10H19N5O2S/c1-3-4-13-10-14-8(2)7-9(15-10)12-5-6-18(11,16)17/h7H,3-6H2,1-2H3,(H2,11,16,17)(H2,12,13,14,15). The molecule has 0 bridgehead atoms. The van der Waals surface area contributed by atoms with Crippen LogP contribution in [0.15, 0.2) is 6.07 Å². The minimum absolute atomic E-state index is 0.131. The highest BCUT2D eigenvalue weighted by molar-refractivity contribution is 7.89. The van der Waals surface area contributed by atoms with Crippen molar-refractivity contribution in [1.29, 1.82) is 0 Å². The van der Waals surface area contributed by atoms with Gasteiger partial charge in [-0.2, -0.15) is 4.98 Å². The summed E-state index contributed by atoms with van der Waals surface area (Å²) in [4.78, 5) is 8.44. The first-order valence-corrected chi connectivity index (χ1v) is 7.46. The van der Waals surface area contributed by atoms with Crippen LogP contribution in [0.2, 0.25) is 0 Å². The van der Waals surface area contributed by atoms with Crippen LogP contribution in [0, 0.1) is 6.92 Å². The first kappa shape index (κ1) is 14.7. The Morgan fingerprint density at radius 3 is 2.61 bits per heavy atom. The van der Waals surface area contributed by atoms with Gasteiger partial charge >= 0.3 is 0 Å². The fourth-order valence-corrected chi connectivity index (χ4v) is 1.68. The molecule has 8 heteroatoms. The van der Waals surface area contributed by atoms with Gasteiger partial charge in [0.2, 0.25) is 16.0 Å². The first-order valence-electron chi connectivity index (χ1n) is 5.74. The molecule has 1 aromatic rings. The molecule has 7 nitrogen and oxygen atoms in total. The van der Waals surface area contributed by atoms with Crippen molar-refractivity contribution in [3.8, 4) is 0 Å². The molecule has 0 fully saturated rings. The molecule has 0 aliphatic heterocycles. The Balaban J connectivity index is 2.62. The number of aryl methyl sites for hydroxylation is 1. The lowest BCUT2D eigenvalue weighted by atomic mass is 10.4. The van der Waals surface area contributed by atoms with Gasteiger partial charge in [-0.3, -0.25) is 0 Å². The van der Waals surface area contributed by atoms with Crippen LogP contribution >= 0.6 is 0 Å². The van der Waals surface area contributed by atoms with Crippen LogP contribution in [0.4, 0.5) is 11.8 Å². The van der Waals surface area contributed by atoms with Crippen molar-refractivity contribution in [2.75, 3.05) is 29.5 Å². The molecule has 0 aliphatic carbocycles. The van der Waals surface area contributed by atoms with E-state index >= 15 is 0 Å². The van der Waals surface area contributed by atoms with Gasteiger partial charge in [-0.1, -0.05) is 6.92 Å². The third kappa shape index (κ3) is 5.78. The number of anilines is 2. The lowest BCUT2D eigenvalue weighted by molar-refractivity contribution is 0.598. The maximum absolute atomic E-state index is 10.8. The van der Waals surface area contributed by atoms with Crippen LogP contribution < -0.4 is 15.8 Å². The number of primary sulfonamides is 1. The second-order valence-electron chi connectivity index (χ2n) is 3.94. The third-order valence-electron chi connectivity index (χ3n) is 2.08. The topological polar surface area (TPSA) is 110 Å². The van der Waals surface area contributed by atoms with Gasteiger partial charge in [-0.25, -0.2) is 18.5 Å². The number of hydrogen-bond acceptors (Lipinski definition) is 6. The van der Waals surface area contributed by atoms with E-state index in [1.54, 1.807) is 6.07 Å². The molecule has 0 atom stereocenters. The zero-order valence-electron chi connectivity index (χ0n) is 10.6. The average Bonchev–Trinajstić information content (AvgIpc) is 2.24. The maximum atomic E-state index is 10.8. The second-order valence-corrected chi connectivity index (χ2v) is 5.67. The summed E-state index contributed by atoms with van der Waals surface area (Å²) in [5.74, 6) is 0.994. The van der Waals surface area contributed by atoms with Crippen molar-refractivity contribution >= 4 is 21.8 Å². The van der Waals surface area contributed by atoms with E-state index in [-0.39, 0.29) is 12.3 Å². The fraction of sp³-hybridized carbons (Fsp3) is 0.600. The van der Waals surface area contributed by atoms with Gasteiger partial charge in [-0.05, 0) is 13.3 Å². The van der Waals surface area contributed by atoms with Crippen LogP contribution in [0.25, 0.3) is 0 Å². The zero-order chi connectivity index (χ0) is 13.6. The van der Waals surface area contributed by atoms with Gasteiger partial charge in [0.05, 0.1) is 5.75 Å². The van der Waals surface area contributed by atoms with Gasteiger partial charge in [0.1, 0.15) is 5.82 Å². The highest BCUT2D eigenvalue weighted by Crippen LogP contribution is 2.09. The van der Waals surface area contributed by atoms with Crippen LogP contribution in [-0.2, 0) is 10.0 Å². The molecule has 0 unspecified atom stereocenters. The molecule has 4 N–H and O–H groups in total. The lowest BCUT2D eigenvalue weighted by Gasteiger charge is -2.08. The van der Waals surface area contributed by atoms with Crippen LogP contribution in [-0.4, -0.2) is 37.2 Å². The van der Waals surface area contributed by atoms with Crippen molar-refractivity contribution in [1.82, 2.24) is 9.97 Å².